The van der Waals surface area contributed by atoms with Gasteiger partial charge in [-0.05, 0) is 37.0 Å². The van der Waals surface area contributed by atoms with Crippen LogP contribution in [0.1, 0.15) is 30.4 Å². The smallest absolute Gasteiger partial charge is 0.416 e. The zero-order chi connectivity index (χ0) is 15.8. The zero-order valence-corrected chi connectivity index (χ0v) is 11.1. The van der Waals surface area contributed by atoms with Crippen LogP contribution in [0.25, 0.3) is 0 Å². The van der Waals surface area contributed by atoms with Crippen molar-refractivity contribution in [1.82, 2.24) is 5.32 Å². The number of nitrogens with one attached hydrogen (secondary N) is 1. The summed E-state index contributed by atoms with van der Waals surface area (Å²) in [5.41, 5.74) is -0.0708. The Hall–Kier alpha value is -2.05. The number of carbonyl (C=O) groups excluding carboxylic acids is 1. The van der Waals surface area contributed by atoms with Crippen LogP contribution < -0.4 is 5.32 Å². The van der Waals surface area contributed by atoms with E-state index in [9.17, 15) is 22.8 Å². The second-order valence-corrected chi connectivity index (χ2v) is 5.14. The Kier molecular flexibility index (Phi) is 3.93. The van der Waals surface area contributed by atoms with Gasteiger partial charge in [0.25, 0.3) is 0 Å². The topological polar surface area (TPSA) is 66.4 Å². The minimum absolute atomic E-state index is 0.145. The molecule has 4 nitrogen and oxygen atoms in total. The van der Waals surface area contributed by atoms with Gasteiger partial charge in [-0.2, -0.15) is 13.2 Å². The van der Waals surface area contributed by atoms with Gasteiger partial charge in [-0.1, -0.05) is 12.1 Å². The molecule has 1 aromatic carbocycles. The van der Waals surface area contributed by atoms with E-state index in [1.807, 2.05) is 0 Å². The molecule has 114 valence electrons. The maximum atomic E-state index is 12.4. The fraction of sp³-hybridized carbons (Fsp3) is 0.429. The van der Waals surface area contributed by atoms with E-state index >= 15 is 0 Å². The number of amides is 1. The Labute approximate surface area is 119 Å². The molecule has 1 aromatic rings. The predicted molar refractivity (Wildman–Crippen MR) is 67.5 cm³/mol. The number of hydrogen-bond acceptors (Lipinski definition) is 2. The summed E-state index contributed by atoms with van der Waals surface area (Å²) in [6.07, 6.45) is -3.86. The van der Waals surface area contributed by atoms with E-state index in [0.717, 1.165) is 12.1 Å². The highest BCUT2D eigenvalue weighted by Gasteiger charge is 2.44. The fourth-order valence-electron chi connectivity index (χ4n) is 2.15. The first-order valence-electron chi connectivity index (χ1n) is 6.40. The summed E-state index contributed by atoms with van der Waals surface area (Å²) in [6, 6.07) is 3.72. The maximum absolute atomic E-state index is 12.4. The van der Waals surface area contributed by atoms with Crippen LogP contribution in [0.4, 0.5) is 13.2 Å². The van der Waals surface area contributed by atoms with Crippen molar-refractivity contribution in [2.45, 2.75) is 31.5 Å². The summed E-state index contributed by atoms with van der Waals surface area (Å²) in [5.74, 6) is -2.03. The molecule has 0 saturated heterocycles. The number of benzene rings is 1. The summed E-state index contributed by atoms with van der Waals surface area (Å²) in [4.78, 5) is 22.4. The van der Waals surface area contributed by atoms with E-state index in [2.05, 4.69) is 5.32 Å². The molecular weight excluding hydrogens is 287 g/mol. The average molecular weight is 301 g/mol. The van der Waals surface area contributed by atoms with Crippen LogP contribution in [-0.4, -0.2) is 23.0 Å². The molecule has 2 rings (SSSR count). The van der Waals surface area contributed by atoms with Gasteiger partial charge in [0.15, 0.2) is 0 Å². The maximum Gasteiger partial charge on any atom is 0.416 e. The molecule has 0 heterocycles. The van der Waals surface area contributed by atoms with Crippen LogP contribution >= 0.6 is 0 Å². The van der Waals surface area contributed by atoms with E-state index in [1.54, 1.807) is 0 Å². The van der Waals surface area contributed by atoms with Gasteiger partial charge in [0.1, 0.15) is 6.04 Å². The minimum Gasteiger partial charge on any atom is -0.480 e. The van der Waals surface area contributed by atoms with Crippen LogP contribution in [0, 0.1) is 5.92 Å². The highest BCUT2D eigenvalue weighted by molar-refractivity contribution is 5.87. The Morgan fingerprint density at radius 2 is 1.86 bits per heavy atom. The van der Waals surface area contributed by atoms with Crippen molar-refractivity contribution in [3.05, 3.63) is 35.4 Å². The van der Waals surface area contributed by atoms with Gasteiger partial charge in [0.05, 0.1) is 5.56 Å². The standard InChI is InChI=1S/C14H14F3NO3/c1-7(13(20)21)18-12(19)11-6-10(11)8-2-4-9(5-3-8)14(15,16)17/h2-5,7,10-11H,6H2,1H3,(H,18,19)(H,20,21)/t7-,10+,11-/m0/s1. The van der Waals surface area contributed by atoms with Crippen molar-refractivity contribution in [1.29, 1.82) is 0 Å². The van der Waals surface area contributed by atoms with E-state index in [-0.39, 0.29) is 17.7 Å². The number of aliphatic carboxylic acids is 1. The Morgan fingerprint density at radius 1 is 1.29 bits per heavy atom. The van der Waals surface area contributed by atoms with Gasteiger partial charge in [-0.3, -0.25) is 9.59 Å². The van der Waals surface area contributed by atoms with Gasteiger partial charge >= 0.3 is 12.1 Å². The first-order chi connectivity index (χ1) is 9.70. The first-order valence-corrected chi connectivity index (χ1v) is 6.40. The molecule has 1 aliphatic carbocycles. The average Bonchev–Trinajstić information content (AvgIpc) is 3.18. The Morgan fingerprint density at radius 3 is 2.33 bits per heavy atom. The van der Waals surface area contributed by atoms with Crippen molar-refractivity contribution in [2.75, 3.05) is 0 Å². The number of rotatable bonds is 4. The molecule has 0 aliphatic heterocycles. The minimum atomic E-state index is -4.38. The highest BCUT2D eigenvalue weighted by atomic mass is 19.4. The van der Waals surface area contributed by atoms with Crippen LogP contribution in [0.2, 0.25) is 0 Å². The Balaban J connectivity index is 1.97. The summed E-state index contributed by atoms with van der Waals surface area (Å²) >= 11 is 0. The lowest BCUT2D eigenvalue weighted by Gasteiger charge is -2.09. The van der Waals surface area contributed by atoms with Gasteiger partial charge in [-0.25, -0.2) is 0 Å². The fourth-order valence-corrected chi connectivity index (χ4v) is 2.15. The first kappa shape index (κ1) is 15.3. The van der Waals surface area contributed by atoms with E-state index in [0.29, 0.717) is 12.0 Å². The highest BCUT2D eigenvalue weighted by Crippen LogP contribution is 2.48. The lowest BCUT2D eigenvalue weighted by Crippen LogP contribution is -2.39. The zero-order valence-electron chi connectivity index (χ0n) is 11.1. The van der Waals surface area contributed by atoms with E-state index in [1.165, 1.54) is 19.1 Å². The van der Waals surface area contributed by atoms with Crippen LogP contribution in [0.5, 0.6) is 0 Å². The molecule has 0 spiro atoms. The van der Waals surface area contributed by atoms with Crippen LogP contribution in [-0.2, 0) is 15.8 Å². The molecule has 1 amide bonds. The third-order valence-corrected chi connectivity index (χ3v) is 3.52. The monoisotopic (exact) mass is 301 g/mol. The number of carboxylic acids is 1. The summed E-state index contributed by atoms with van der Waals surface area (Å²) < 4.78 is 37.3. The van der Waals surface area contributed by atoms with Crippen molar-refractivity contribution in [3.8, 4) is 0 Å². The number of hydrogen-bond donors (Lipinski definition) is 2. The Bertz CT molecular complexity index is 554. The van der Waals surface area contributed by atoms with Crippen LogP contribution in [0.15, 0.2) is 24.3 Å². The molecule has 21 heavy (non-hydrogen) atoms. The lowest BCUT2D eigenvalue weighted by molar-refractivity contribution is -0.141. The largest absolute Gasteiger partial charge is 0.480 e. The van der Waals surface area contributed by atoms with Crippen molar-refractivity contribution in [2.24, 2.45) is 5.92 Å². The van der Waals surface area contributed by atoms with Crippen LogP contribution in [0.3, 0.4) is 0 Å². The van der Waals surface area contributed by atoms with Gasteiger partial charge in [0.2, 0.25) is 5.91 Å². The van der Waals surface area contributed by atoms with Gasteiger partial charge in [-0.15, -0.1) is 0 Å². The molecular formula is C14H14F3NO3. The summed E-state index contributed by atoms with van der Waals surface area (Å²) in [6.45, 7) is 1.36. The van der Waals surface area contributed by atoms with E-state index < -0.39 is 23.8 Å². The number of alkyl halides is 3. The van der Waals surface area contributed by atoms with E-state index in [4.69, 9.17) is 5.11 Å². The number of halogens is 3. The molecule has 0 radical (unpaired) electrons. The number of carbonyl (C=O) groups is 2. The molecule has 0 unspecified atom stereocenters. The van der Waals surface area contributed by atoms with Crippen molar-refractivity contribution >= 4 is 11.9 Å². The molecule has 1 fully saturated rings. The molecule has 0 aromatic heterocycles. The summed E-state index contributed by atoms with van der Waals surface area (Å²) in [5, 5.41) is 11.1. The molecule has 0 bridgehead atoms. The predicted octanol–water partition coefficient (Wildman–Crippen LogP) is 2.40. The second-order valence-electron chi connectivity index (χ2n) is 5.14. The molecule has 1 aliphatic rings. The third kappa shape index (κ3) is 3.53. The lowest BCUT2D eigenvalue weighted by atomic mass is 10.1. The quantitative estimate of drug-likeness (QED) is 0.897. The third-order valence-electron chi connectivity index (χ3n) is 3.52. The van der Waals surface area contributed by atoms with Crippen molar-refractivity contribution in [3.63, 3.8) is 0 Å². The number of carboxylic acid groups (broad SMARTS) is 1. The molecule has 7 heteroatoms. The molecule has 2 N–H and O–H groups in total. The summed E-state index contributed by atoms with van der Waals surface area (Å²) in [7, 11) is 0. The van der Waals surface area contributed by atoms with Crippen molar-refractivity contribution < 1.29 is 27.9 Å². The SMILES string of the molecule is C[C@H](NC(=O)[C@H]1C[C@@H]1c1ccc(C(F)(F)F)cc1)C(=O)O. The molecule has 3 atom stereocenters. The second kappa shape index (κ2) is 5.38. The molecule has 1 saturated carbocycles. The van der Waals surface area contributed by atoms with Gasteiger partial charge in [0, 0.05) is 5.92 Å². The normalized spacial score (nSPS) is 22.5. The van der Waals surface area contributed by atoms with Gasteiger partial charge < -0.3 is 10.4 Å².